The highest BCUT2D eigenvalue weighted by Crippen LogP contribution is 2.21. The second-order valence-corrected chi connectivity index (χ2v) is 5.69. The summed E-state index contributed by atoms with van der Waals surface area (Å²) in [5.74, 6) is -0.970. The van der Waals surface area contributed by atoms with Crippen molar-refractivity contribution in [2.24, 2.45) is 0 Å². The van der Waals surface area contributed by atoms with Gasteiger partial charge in [0.05, 0.1) is 16.3 Å². The summed E-state index contributed by atoms with van der Waals surface area (Å²) in [6.07, 6.45) is 1.39. The van der Waals surface area contributed by atoms with Crippen molar-refractivity contribution in [2.45, 2.75) is 6.92 Å². The Balaban J connectivity index is 1.83. The Labute approximate surface area is 147 Å². The second kappa shape index (κ2) is 6.94. The summed E-state index contributed by atoms with van der Waals surface area (Å²) < 4.78 is 26.2. The molecule has 0 bridgehead atoms. The van der Waals surface area contributed by atoms with Crippen LogP contribution >= 0.6 is 11.6 Å². The molecule has 3 rings (SSSR count). The minimum atomic E-state index is -0.567. The number of anilines is 1. The lowest BCUT2D eigenvalue weighted by Crippen LogP contribution is -2.15. The number of hydrogen-bond acceptors (Lipinski definition) is 3. The molecule has 1 heterocycles. The first-order valence-electron chi connectivity index (χ1n) is 7.30. The zero-order chi connectivity index (χ0) is 18.0. The highest BCUT2D eigenvalue weighted by molar-refractivity contribution is 6.31. The molecule has 0 spiro atoms. The van der Waals surface area contributed by atoms with Crippen LogP contribution in [0.2, 0.25) is 5.02 Å². The molecule has 0 unspecified atom stereocenters. The van der Waals surface area contributed by atoms with Crippen LogP contribution in [-0.2, 0) is 0 Å². The predicted octanol–water partition coefficient (Wildman–Crippen LogP) is 4.64. The largest absolute Gasteiger partial charge is 0.322 e. The molecule has 0 fully saturated rings. The average molecular weight is 360 g/mol. The number of nitrogens with zero attached hydrogens (tertiary/aromatic N) is 2. The third-order valence-electron chi connectivity index (χ3n) is 3.50. The summed E-state index contributed by atoms with van der Waals surface area (Å²) in [6, 6.07) is 9.63. The maximum absolute atomic E-state index is 13.2. The molecule has 25 heavy (non-hydrogen) atoms. The van der Waals surface area contributed by atoms with Crippen molar-refractivity contribution < 1.29 is 13.6 Å². The lowest BCUT2D eigenvalue weighted by molar-refractivity contribution is 0.102. The van der Waals surface area contributed by atoms with Gasteiger partial charge in [0.1, 0.15) is 11.6 Å². The molecule has 2 aromatic carbocycles. The summed E-state index contributed by atoms with van der Waals surface area (Å²) in [5, 5.41) is 2.53. The molecule has 1 amide bonds. The normalized spacial score (nSPS) is 10.6. The summed E-state index contributed by atoms with van der Waals surface area (Å²) in [6.45, 7) is 1.67. The van der Waals surface area contributed by atoms with Crippen LogP contribution < -0.4 is 5.32 Å². The standard InChI is InChI=1S/C18H12ClF2N3O/c1-10-14(18(25)24-13-6-7-16(21)15(19)8-13)9-22-17(23-10)11-2-4-12(20)5-3-11/h2-9H,1H3,(H,24,25). The molecule has 0 aliphatic heterocycles. The highest BCUT2D eigenvalue weighted by atomic mass is 35.5. The molecule has 0 aliphatic carbocycles. The first-order chi connectivity index (χ1) is 11.9. The van der Waals surface area contributed by atoms with E-state index in [-0.39, 0.29) is 16.4 Å². The van der Waals surface area contributed by atoms with Crippen molar-refractivity contribution in [2.75, 3.05) is 5.32 Å². The second-order valence-electron chi connectivity index (χ2n) is 5.28. The molecule has 0 saturated heterocycles. The Bertz CT molecular complexity index is 946. The number of aryl methyl sites for hydroxylation is 1. The molecule has 0 radical (unpaired) electrons. The maximum Gasteiger partial charge on any atom is 0.259 e. The monoisotopic (exact) mass is 359 g/mol. The Kier molecular flexibility index (Phi) is 4.72. The van der Waals surface area contributed by atoms with Crippen molar-refractivity contribution in [1.82, 2.24) is 9.97 Å². The van der Waals surface area contributed by atoms with Crippen LogP contribution in [0.15, 0.2) is 48.7 Å². The van der Waals surface area contributed by atoms with Crippen LogP contribution in [0.1, 0.15) is 16.1 Å². The van der Waals surface area contributed by atoms with Crippen LogP contribution in [0.5, 0.6) is 0 Å². The van der Waals surface area contributed by atoms with Gasteiger partial charge in [-0.05, 0) is 49.4 Å². The summed E-state index contributed by atoms with van der Waals surface area (Å²) >= 11 is 5.70. The van der Waals surface area contributed by atoms with Crippen LogP contribution in [0.25, 0.3) is 11.4 Å². The fourth-order valence-electron chi connectivity index (χ4n) is 2.20. The van der Waals surface area contributed by atoms with E-state index in [0.717, 1.165) is 0 Å². The molecule has 3 aromatic rings. The van der Waals surface area contributed by atoms with Crippen LogP contribution in [-0.4, -0.2) is 15.9 Å². The van der Waals surface area contributed by atoms with E-state index in [1.807, 2.05) is 0 Å². The molecule has 1 aromatic heterocycles. The van der Waals surface area contributed by atoms with Crippen molar-refractivity contribution in [1.29, 1.82) is 0 Å². The van der Waals surface area contributed by atoms with E-state index in [4.69, 9.17) is 11.6 Å². The lowest BCUT2D eigenvalue weighted by atomic mass is 10.1. The average Bonchev–Trinajstić information content (AvgIpc) is 2.58. The Morgan fingerprint density at radius 2 is 1.84 bits per heavy atom. The molecule has 126 valence electrons. The number of halogens is 3. The third kappa shape index (κ3) is 3.80. The van der Waals surface area contributed by atoms with Gasteiger partial charge in [-0.2, -0.15) is 0 Å². The molecule has 0 saturated carbocycles. The van der Waals surface area contributed by atoms with Gasteiger partial charge in [0, 0.05) is 17.4 Å². The van der Waals surface area contributed by atoms with Gasteiger partial charge in [0.2, 0.25) is 0 Å². The quantitative estimate of drug-likeness (QED) is 0.741. The summed E-state index contributed by atoms with van der Waals surface area (Å²) in [7, 11) is 0. The summed E-state index contributed by atoms with van der Waals surface area (Å²) in [4.78, 5) is 20.8. The van der Waals surface area contributed by atoms with Gasteiger partial charge < -0.3 is 5.32 Å². The van der Waals surface area contributed by atoms with Gasteiger partial charge in [0.25, 0.3) is 5.91 Å². The van der Waals surface area contributed by atoms with Crippen molar-refractivity contribution >= 4 is 23.2 Å². The van der Waals surface area contributed by atoms with Crippen LogP contribution in [0.4, 0.5) is 14.5 Å². The molecule has 1 N–H and O–H groups in total. The van der Waals surface area contributed by atoms with Gasteiger partial charge in [-0.15, -0.1) is 0 Å². The van der Waals surface area contributed by atoms with Gasteiger partial charge in [-0.25, -0.2) is 18.7 Å². The maximum atomic E-state index is 13.2. The van der Waals surface area contributed by atoms with E-state index >= 15 is 0 Å². The fraction of sp³-hybridized carbons (Fsp3) is 0.0556. The van der Waals surface area contributed by atoms with Crippen molar-refractivity contribution in [3.63, 3.8) is 0 Å². The number of carbonyl (C=O) groups is 1. The van der Waals surface area contributed by atoms with Crippen LogP contribution in [0, 0.1) is 18.6 Å². The van der Waals surface area contributed by atoms with E-state index in [1.165, 1.54) is 36.5 Å². The van der Waals surface area contributed by atoms with Gasteiger partial charge in [-0.3, -0.25) is 4.79 Å². The molecule has 4 nitrogen and oxygen atoms in total. The van der Waals surface area contributed by atoms with E-state index in [9.17, 15) is 13.6 Å². The smallest absolute Gasteiger partial charge is 0.259 e. The van der Waals surface area contributed by atoms with E-state index < -0.39 is 11.7 Å². The number of hydrogen-bond donors (Lipinski definition) is 1. The number of aromatic nitrogens is 2. The van der Waals surface area contributed by atoms with Crippen molar-refractivity contribution in [3.05, 3.63) is 76.6 Å². The summed E-state index contributed by atoms with van der Waals surface area (Å²) in [5.41, 5.74) is 1.73. The number of rotatable bonds is 3. The zero-order valence-electron chi connectivity index (χ0n) is 13.1. The number of nitrogens with one attached hydrogen (secondary N) is 1. The number of carbonyl (C=O) groups excluding carboxylic acids is 1. The van der Waals surface area contributed by atoms with Gasteiger partial charge in [0.15, 0.2) is 5.82 Å². The first-order valence-corrected chi connectivity index (χ1v) is 7.68. The van der Waals surface area contributed by atoms with Gasteiger partial charge in [-0.1, -0.05) is 11.6 Å². The molecular formula is C18H12ClF2N3O. The Morgan fingerprint density at radius 1 is 1.12 bits per heavy atom. The molecular weight excluding hydrogens is 348 g/mol. The minimum absolute atomic E-state index is 0.0857. The van der Waals surface area contributed by atoms with E-state index in [0.29, 0.717) is 22.8 Å². The van der Waals surface area contributed by atoms with Crippen molar-refractivity contribution in [3.8, 4) is 11.4 Å². The number of amides is 1. The van der Waals surface area contributed by atoms with E-state index in [2.05, 4.69) is 15.3 Å². The molecule has 7 heteroatoms. The van der Waals surface area contributed by atoms with Crippen LogP contribution in [0.3, 0.4) is 0 Å². The minimum Gasteiger partial charge on any atom is -0.322 e. The highest BCUT2D eigenvalue weighted by Gasteiger charge is 2.13. The zero-order valence-corrected chi connectivity index (χ0v) is 13.8. The number of benzene rings is 2. The lowest BCUT2D eigenvalue weighted by Gasteiger charge is -2.09. The molecule has 0 atom stereocenters. The fourth-order valence-corrected chi connectivity index (χ4v) is 2.38. The van der Waals surface area contributed by atoms with E-state index in [1.54, 1.807) is 19.1 Å². The SMILES string of the molecule is Cc1nc(-c2ccc(F)cc2)ncc1C(=O)Nc1ccc(F)c(Cl)c1. The molecule has 0 aliphatic rings. The Morgan fingerprint density at radius 3 is 2.48 bits per heavy atom. The Hall–Kier alpha value is -2.86. The third-order valence-corrected chi connectivity index (χ3v) is 3.79. The topological polar surface area (TPSA) is 54.9 Å². The van der Waals surface area contributed by atoms with Gasteiger partial charge >= 0.3 is 0 Å². The first kappa shape index (κ1) is 17.0. The predicted molar refractivity (Wildman–Crippen MR) is 91.5 cm³/mol.